The number of nitrogens with one attached hydrogen (secondary N) is 2. The number of nitrogens with zero attached hydrogens (tertiary/aromatic N) is 5. The lowest BCUT2D eigenvalue weighted by Gasteiger charge is -2.32. The van der Waals surface area contributed by atoms with Crippen LogP contribution in [0.1, 0.15) is 99.7 Å². The first-order valence-corrected chi connectivity index (χ1v) is 22.4. The van der Waals surface area contributed by atoms with Crippen LogP contribution in [0.5, 0.6) is 5.75 Å². The highest BCUT2D eigenvalue weighted by Gasteiger charge is 2.57. The number of carboxylic acids is 1. The summed E-state index contributed by atoms with van der Waals surface area (Å²) in [5.41, 5.74) is 4.28. The van der Waals surface area contributed by atoms with Gasteiger partial charge in [-0.15, -0.1) is 0 Å². The number of imidazole rings is 1. The summed E-state index contributed by atoms with van der Waals surface area (Å²) in [6.45, 7) is 8.29. The average molecular weight is 901 g/mol. The molecule has 2 saturated carbocycles. The van der Waals surface area contributed by atoms with Crippen molar-refractivity contribution in [2.45, 2.75) is 103 Å². The number of pyridine rings is 1. The Balaban J connectivity index is 0.965. The molecule has 0 unspecified atom stereocenters. The van der Waals surface area contributed by atoms with Gasteiger partial charge in [-0.25, -0.2) is 9.78 Å². The molecule has 3 amide bonds. The molecule has 16 heteroatoms. The monoisotopic (exact) mass is 899 g/mol. The Bertz CT molecular complexity index is 2460. The molecule has 8 rings (SSSR count). The number of amides is 3. The molecular weight excluding hydrogens is 845 g/mol. The number of carbonyl (C=O) groups is 4. The minimum Gasteiger partial charge on any atom is -0.496 e. The van der Waals surface area contributed by atoms with Gasteiger partial charge in [-0.2, -0.15) is 0 Å². The lowest BCUT2D eigenvalue weighted by molar-refractivity contribution is -0.148. The van der Waals surface area contributed by atoms with E-state index in [9.17, 15) is 24.3 Å². The summed E-state index contributed by atoms with van der Waals surface area (Å²) in [6.07, 6.45) is 8.23. The van der Waals surface area contributed by atoms with Gasteiger partial charge in [0.2, 0.25) is 5.91 Å². The maximum absolute atomic E-state index is 13.9. The molecule has 3 N–H and O–H groups in total. The maximum Gasteiger partial charge on any atom is 0.410 e. The Morgan fingerprint density at radius 1 is 1.05 bits per heavy atom. The highest BCUT2D eigenvalue weighted by molar-refractivity contribution is 6.39. The lowest BCUT2D eigenvalue weighted by Crippen LogP contribution is -2.43. The first kappa shape index (κ1) is 44.4. The van der Waals surface area contributed by atoms with Gasteiger partial charge in [0.1, 0.15) is 11.4 Å². The van der Waals surface area contributed by atoms with Crippen LogP contribution >= 0.6 is 23.2 Å². The molecule has 1 atom stereocenters. The summed E-state index contributed by atoms with van der Waals surface area (Å²) >= 11 is 14.2. The normalized spacial score (nSPS) is 21.8. The summed E-state index contributed by atoms with van der Waals surface area (Å²) in [7, 11) is 3.42. The molecule has 2 aliphatic carbocycles. The van der Waals surface area contributed by atoms with Gasteiger partial charge in [0, 0.05) is 74.0 Å². The number of rotatable bonds is 13. The fraction of sp³-hybridized carbons (Fsp3) is 0.489. The molecule has 4 heterocycles. The highest BCUT2D eigenvalue weighted by Crippen LogP contribution is 2.63. The molecule has 2 bridgehead atoms. The van der Waals surface area contributed by atoms with Crippen molar-refractivity contribution in [3.8, 4) is 28.1 Å². The predicted molar refractivity (Wildman–Crippen MR) is 240 cm³/mol. The molecule has 63 heavy (non-hydrogen) atoms. The van der Waals surface area contributed by atoms with E-state index in [2.05, 4.69) is 20.5 Å². The van der Waals surface area contributed by atoms with Gasteiger partial charge < -0.3 is 34.7 Å². The van der Waals surface area contributed by atoms with Crippen molar-refractivity contribution in [1.29, 1.82) is 0 Å². The quantitative estimate of drug-likeness (QED) is 0.118. The number of carboxylic acid groups (broad SMARTS) is 1. The third kappa shape index (κ3) is 9.12. The van der Waals surface area contributed by atoms with E-state index in [0.29, 0.717) is 69.1 Å². The zero-order valence-corrected chi connectivity index (χ0v) is 38.0. The van der Waals surface area contributed by atoms with Crippen molar-refractivity contribution in [3.63, 3.8) is 0 Å². The van der Waals surface area contributed by atoms with Crippen molar-refractivity contribution in [2.24, 2.45) is 17.9 Å². The second-order valence-corrected chi connectivity index (χ2v) is 19.5. The van der Waals surface area contributed by atoms with Crippen LogP contribution in [-0.4, -0.2) is 91.7 Å². The molecule has 2 aromatic carbocycles. The van der Waals surface area contributed by atoms with Gasteiger partial charge >= 0.3 is 12.1 Å². The van der Waals surface area contributed by atoms with Gasteiger partial charge in [-0.05, 0) is 95.9 Å². The smallest absolute Gasteiger partial charge is 0.410 e. The van der Waals surface area contributed by atoms with E-state index in [0.717, 1.165) is 75.0 Å². The number of methoxy groups -OCH3 is 1. The van der Waals surface area contributed by atoms with E-state index < -0.39 is 23.1 Å². The summed E-state index contributed by atoms with van der Waals surface area (Å²) in [6, 6.07) is 12.5. The topological polar surface area (TPSA) is 168 Å². The molecule has 2 aromatic heterocycles. The number of hydrogen-bond acceptors (Lipinski definition) is 9. The standard InChI is InChI=1S/C47H55Cl2N7O7/c1-45(2,3)63-44(61)56(25-30-11-12-37(57)51-30)24-29-10-9-28(23-36(29)62-5)40-39(49)32(13-20-50-40)31-7-6-8-34(38(31)48)53-42(58)41-52-33-14-21-55(26-35(33)54(41)4)22-19-46-15-17-47(27-46,18-16-46)43(59)60/h6-10,13,20,23,30H,11-12,14-19,21-22,24-27H2,1-5H3,(H,51,57)(H,53,58)(H,59,60)/t30-,46?,47?/m0/s1. The van der Waals surface area contributed by atoms with E-state index in [4.69, 9.17) is 37.7 Å². The van der Waals surface area contributed by atoms with Crippen molar-refractivity contribution in [2.75, 3.05) is 32.1 Å². The fourth-order valence-electron chi connectivity index (χ4n) is 9.99. The van der Waals surface area contributed by atoms with E-state index in [1.54, 1.807) is 36.4 Å². The molecule has 4 aromatic rings. The van der Waals surface area contributed by atoms with E-state index in [1.807, 2.05) is 56.7 Å². The summed E-state index contributed by atoms with van der Waals surface area (Å²) in [5.74, 6) is -0.252. The van der Waals surface area contributed by atoms with Crippen LogP contribution in [0.2, 0.25) is 10.0 Å². The first-order valence-electron chi connectivity index (χ1n) is 21.7. The number of benzene rings is 2. The molecular formula is C47H55Cl2N7O7. The SMILES string of the molecule is COc1cc(-c2nccc(-c3cccc(NC(=O)c4nc5c(n4C)CN(CCC46CCC(C(=O)O)(CC4)C6)CC5)c3Cl)c2Cl)ccc1CN(C[C@@H]1CCC(=O)N1)C(=O)OC(C)(C)C. The summed E-state index contributed by atoms with van der Waals surface area (Å²) in [4.78, 5) is 64.5. The van der Waals surface area contributed by atoms with Crippen LogP contribution in [0.4, 0.5) is 10.5 Å². The van der Waals surface area contributed by atoms with Crippen molar-refractivity contribution < 1.29 is 33.8 Å². The molecule has 334 valence electrons. The molecule has 14 nitrogen and oxygen atoms in total. The van der Waals surface area contributed by atoms with Gasteiger partial charge in [0.05, 0.1) is 51.9 Å². The Morgan fingerprint density at radius 2 is 1.81 bits per heavy atom. The first-order chi connectivity index (χ1) is 30.0. The van der Waals surface area contributed by atoms with E-state index in [-0.39, 0.29) is 36.4 Å². The van der Waals surface area contributed by atoms with Crippen molar-refractivity contribution in [3.05, 3.63) is 81.5 Å². The lowest BCUT2D eigenvalue weighted by atomic mass is 9.80. The second kappa shape index (κ2) is 17.4. The van der Waals surface area contributed by atoms with Gasteiger partial charge in [0.15, 0.2) is 5.82 Å². The van der Waals surface area contributed by atoms with E-state index >= 15 is 0 Å². The number of anilines is 1. The minimum absolute atomic E-state index is 0.0386. The number of halogens is 2. The molecule has 3 fully saturated rings. The number of aromatic nitrogens is 3. The van der Waals surface area contributed by atoms with Gasteiger partial charge in [0.25, 0.3) is 5.91 Å². The molecule has 4 aliphatic rings. The molecule has 2 aliphatic heterocycles. The van der Waals surface area contributed by atoms with Crippen LogP contribution in [0.15, 0.2) is 48.7 Å². The Kier molecular flexibility index (Phi) is 12.3. The molecule has 1 saturated heterocycles. The Morgan fingerprint density at radius 3 is 2.49 bits per heavy atom. The third-order valence-corrected chi connectivity index (χ3v) is 14.2. The number of carbonyl (C=O) groups excluding carboxylic acids is 3. The zero-order valence-electron chi connectivity index (χ0n) is 36.5. The number of ether oxygens (including phenoxy) is 2. The van der Waals surface area contributed by atoms with Crippen LogP contribution < -0.4 is 15.4 Å². The highest BCUT2D eigenvalue weighted by atomic mass is 35.5. The maximum atomic E-state index is 13.9. The average Bonchev–Trinajstić information content (AvgIpc) is 4.03. The fourth-order valence-corrected chi connectivity index (χ4v) is 10.6. The molecule has 0 radical (unpaired) electrons. The summed E-state index contributed by atoms with van der Waals surface area (Å²) in [5, 5.41) is 16.4. The third-order valence-electron chi connectivity index (χ3n) is 13.5. The van der Waals surface area contributed by atoms with Crippen LogP contribution in [0, 0.1) is 10.8 Å². The Labute approximate surface area is 377 Å². The van der Waals surface area contributed by atoms with Crippen LogP contribution in [-0.2, 0) is 40.9 Å². The predicted octanol–water partition coefficient (Wildman–Crippen LogP) is 8.52. The number of hydrogen-bond donors (Lipinski definition) is 3. The van der Waals surface area contributed by atoms with Gasteiger partial charge in [-0.3, -0.25) is 24.3 Å². The number of aliphatic carboxylic acids is 1. The minimum atomic E-state index is -0.709. The van der Waals surface area contributed by atoms with Crippen molar-refractivity contribution in [1.82, 2.24) is 29.7 Å². The zero-order chi connectivity index (χ0) is 44.8. The largest absolute Gasteiger partial charge is 0.496 e. The van der Waals surface area contributed by atoms with E-state index in [1.165, 1.54) is 0 Å². The molecule has 0 spiro atoms. The van der Waals surface area contributed by atoms with Gasteiger partial charge in [-0.1, -0.05) is 47.5 Å². The number of fused-ring (bicyclic) bond motifs is 3. The van der Waals surface area contributed by atoms with Crippen LogP contribution in [0.3, 0.4) is 0 Å². The second-order valence-electron chi connectivity index (χ2n) is 18.8. The van der Waals surface area contributed by atoms with Crippen molar-refractivity contribution >= 4 is 52.8 Å². The van der Waals surface area contributed by atoms with Crippen LogP contribution in [0.25, 0.3) is 22.4 Å². The summed E-state index contributed by atoms with van der Waals surface area (Å²) < 4.78 is 13.4. The Hall–Kier alpha value is -5.18.